The van der Waals surface area contributed by atoms with E-state index in [9.17, 15) is 4.21 Å². The molecule has 0 aliphatic carbocycles. The molecule has 1 heterocycles. The van der Waals surface area contributed by atoms with Gasteiger partial charge < -0.3 is 0 Å². The Bertz CT molecular complexity index is 220. The Balaban J connectivity index is 2.23. The fraction of sp³-hybridized carbons (Fsp3) is 0.857. The summed E-state index contributed by atoms with van der Waals surface area (Å²) in [7, 11) is 0. The summed E-state index contributed by atoms with van der Waals surface area (Å²) in [5.41, 5.74) is 0. The van der Waals surface area contributed by atoms with Crippen LogP contribution in [-0.2, 0) is 11.3 Å². The van der Waals surface area contributed by atoms with Crippen molar-refractivity contribution in [1.29, 1.82) is 5.26 Å². The summed E-state index contributed by atoms with van der Waals surface area (Å²) < 4.78 is 20.9. The molecule has 1 rings (SSSR count). The zero-order chi connectivity index (χ0) is 9.68. The maximum absolute atomic E-state index is 10.6. The first-order chi connectivity index (χ1) is 6.24. The molecule has 1 saturated heterocycles. The van der Waals surface area contributed by atoms with Gasteiger partial charge in [0, 0.05) is 39.1 Å². The third kappa shape index (κ3) is 3.40. The van der Waals surface area contributed by atoms with E-state index in [-0.39, 0.29) is 0 Å². The molecule has 1 aliphatic rings. The highest BCUT2D eigenvalue weighted by atomic mass is 32.2. The first-order valence-corrected chi connectivity index (χ1v) is 5.25. The molecule has 0 aromatic heterocycles. The van der Waals surface area contributed by atoms with Crippen molar-refractivity contribution in [2.45, 2.75) is 6.42 Å². The Labute approximate surface area is 80.3 Å². The summed E-state index contributed by atoms with van der Waals surface area (Å²) in [6, 6.07) is 2.08. The number of piperazine rings is 1. The maximum Gasteiger partial charge on any atom is 0.234 e. The van der Waals surface area contributed by atoms with Crippen LogP contribution in [0.2, 0.25) is 0 Å². The second-order valence-electron chi connectivity index (χ2n) is 2.91. The molecule has 5 nitrogen and oxygen atoms in total. The molecule has 1 N–H and O–H groups in total. The molecule has 0 bridgehead atoms. The summed E-state index contributed by atoms with van der Waals surface area (Å²) >= 11 is -1.83. The van der Waals surface area contributed by atoms with Crippen LogP contribution in [0, 0.1) is 11.3 Å². The smallest absolute Gasteiger partial charge is 0.234 e. The molecule has 1 fully saturated rings. The SMILES string of the molecule is N#CCCN1CCN(S(=O)O)CC1. The van der Waals surface area contributed by atoms with Crippen LogP contribution in [0.1, 0.15) is 6.42 Å². The van der Waals surface area contributed by atoms with E-state index in [1.165, 1.54) is 4.31 Å². The van der Waals surface area contributed by atoms with Crippen molar-refractivity contribution in [3.05, 3.63) is 0 Å². The standard InChI is InChI=1S/C7H13N3O2S/c8-2-1-3-9-4-6-10(7-5-9)13(11)12/h1,3-7H2,(H,11,12). The van der Waals surface area contributed by atoms with E-state index in [0.717, 1.165) is 19.6 Å². The summed E-state index contributed by atoms with van der Waals surface area (Å²) in [6.07, 6.45) is 0.530. The average molecular weight is 203 g/mol. The minimum atomic E-state index is -1.83. The molecule has 1 unspecified atom stereocenters. The zero-order valence-electron chi connectivity index (χ0n) is 7.35. The highest BCUT2D eigenvalue weighted by molar-refractivity contribution is 7.76. The van der Waals surface area contributed by atoms with Gasteiger partial charge in [0.1, 0.15) is 0 Å². The van der Waals surface area contributed by atoms with Crippen molar-refractivity contribution in [1.82, 2.24) is 9.21 Å². The average Bonchev–Trinajstić information content (AvgIpc) is 2.15. The van der Waals surface area contributed by atoms with Crippen LogP contribution in [0.3, 0.4) is 0 Å². The van der Waals surface area contributed by atoms with E-state index < -0.39 is 11.3 Å². The lowest BCUT2D eigenvalue weighted by molar-refractivity contribution is 0.190. The lowest BCUT2D eigenvalue weighted by Gasteiger charge is -2.31. The summed E-state index contributed by atoms with van der Waals surface area (Å²) in [5, 5.41) is 8.36. The molecular weight excluding hydrogens is 190 g/mol. The lowest BCUT2D eigenvalue weighted by Crippen LogP contribution is -2.46. The van der Waals surface area contributed by atoms with Gasteiger partial charge in [0.25, 0.3) is 0 Å². The third-order valence-corrected chi connectivity index (χ3v) is 2.90. The van der Waals surface area contributed by atoms with Crippen LogP contribution in [0.4, 0.5) is 0 Å². The molecule has 0 radical (unpaired) electrons. The van der Waals surface area contributed by atoms with Crippen molar-refractivity contribution in [3.63, 3.8) is 0 Å². The van der Waals surface area contributed by atoms with Crippen LogP contribution >= 0.6 is 0 Å². The Kier molecular flexibility index (Phi) is 4.32. The summed E-state index contributed by atoms with van der Waals surface area (Å²) in [6.45, 7) is 3.52. The second-order valence-corrected chi connectivity index (χ2v) is 3.89. The van der Waals surface area contributed by atoms with Crippen molar-refractivity contribution in [2.75, 3.05) is 32.7 Å². The molecule has 1 atom stereocenters. The van der Waals surface area contributed by atoms with Crippen LogP contribution in [0.15, 0.2) is 0 Å². The van der Waals surface area contributed by atoms with Gasteiger partial charge in [0.05, 0.1) is 6.07 Å². The van der Waals surface area contributed by atoms with Gasteiger partial charge in [-0.15, -0.1) is 0 Å². The normalized spacial score (nSPS) is 22.5. The van der Waals surface area contributed by atoms with Crippen molar-refractivity contribution >= 4 is 11.3 Å². The van der Waals surface area contributed by atoms with Gasteiger partial charge in [0.2, 0.25) is 11.3 Å². The van der Waals surface area contributed by atoms with Gasteiger partial charge in [-0.3, -0.25) is 9.45 Å². The fourth-order valence-electron chi connectivity index (χ4n) is 1.32. The maximum atomic E-state index is 10.6. The lowest BCUT2D eigenvalue weighted by atomic mass is 10.3. The molecule has 0 spiro atoms. The summed E-state index contributed by atoms with van der Waals surface area (Å²) in [4.78, 5) is 2.13. The minimum Gasteiger partial charge on any atom is -0.300 e. The highest BCUT2D eigenvalue weighted by Gasteiger charge is 2.19. The molecule has 0 aromatic carbocycles. The van der Waals surface area contributed by atoms with Gasteiger partial charge >= 0.3 is 0 Å². The van der Waals surface area contributed by atoms with E-state index >= 15 is 0 Å². The van der Waals surface area contributed by atoms with Crippen molar-refractivity contribution < 1.29 is 8.76 Å². The van der Waals surface area contributed by atoms with Gasteiger partial charge in [0.15, 0.2) is 0 Å². The highest BCUT2D eigenvalue weighted by Crippen LogP contribution is 2.03. The monoisotopic (exact) mass is 203 g/mol. The Morgan fingerprint density at radius 3 is 2.46 bits per heavy atom. The molecule has 13 heavy (non-hydrogen) atoms. The molecule has 1 aliphatic heterocycles. The molecule has 6 heteroatoms. The molecule has 0 amide bonds. The van der Waals surface area contributed by atoms with Crippen LogP contribution in [0.5, 0.6) is 0 Å². The van der Waals surface area contributed by atoms with Crippen LogP contribution < -0.4 is 0 Å². The Morgan fingerprint density at radius 1 is 1.38 bits per heavy atom. The molecule has 0 aromatic rings. The number of hydrogen-bond acceptors (Lipinski definition) is 3. The Hall–Kier alpha value is -0.480. The van der Waals surface area contributed by atoms with Crippen molar-refractivity contribution in [2.24, 2.45) is 0 Å². The van der Waals surface area contributed by atoms with E-state index in [0.29, 0.717) is 19.5 Å². The summed E-state index contributed by atoms with van der Waals surface area (Å²) in [5.74, 6) is 0. The van der Waals surface area contributed by atoms with Gasteiger partial charge in [-0.2, -0.15) is 9.57 Å². The number of hydrogen-bond donors (Lipinski definition) is 1. The van der Waals surface area contributed by atoms with Crippen molar-refractivity contribution in [3.8, 4) is 6.07 Å². The predicted octanol–water partition coefficient (Wildman–Crippen LogP) is -0.346. The number of nitriles is 1. The Morgan fingerprint density at radius 2 is 2.00 bits per heavy atom. The second kappa shape index (κ2) is 5.29. The first kappa shape index (κ1) is 10.6. The van der Waals surface area contributed by atoms with Gasteiger partial charge in [-0.1, -0.05) is 0 Å². The van der Waals surface area contributed by atoms with E-state index in [1.807, 2.05) is 0 Å². The topological polar surface area (TPSA) is 67.6 Å². The third-order valence-electron chi connectivity index (χ3n) is 2.09. The first-order valence-electron chi connectivity index (χ1n) is 4.19. The van der Waals surface area contributed by atoms with Crippen LogP contribution in [-0.4, -0.2) is 50.7 Å². The molecular formula is C7H13N3O2S. The van der Waals surface area contributed by atoms with E-state index in [2.05, 4.69) is 11.0 Å². The molecule has 74 valence electrons. The minimum absolute atomic E-state index is 0.530. The van der Waals surface area contributed by atoms with Gasteiger partial charge in [-0.05, 0) is 0 Å². The van der Waals surface area contributed by atoms with E-state index in [1.54, 1.807) is 0 Å². The van der Waals surface area contributed by atoms with Gasteiger partial charge in [-0.25, -0.2) is 4.21 Å². The fourth-order valence-corrected chi connectivity index (χ4v) is 1.79. The molecule has 0 saturated carbocycles. The largest absolute Gasteiger partial charge is 0.300 e. The predicted molar refractivity (Wildman–Crippen MR) is 49.0 cm³/mol. The zero-order valence-corrected chi connectivity index (χ0v) is 8.16. The number of nitrogens with zero attached hydrogens (tertiary/aromatic N) is 3. The van der Waals surface area contributed by atoms with Crippen LogP contribution in [0.25, 0.3) is 0 Å². The number of rotatable bonds is 3. The van der Waals surface area contributed by atoms with E-state index in [4.69, 9.17) is 9.81 Å². The quantitative estimate of drug-likeness (QED) is 0.637.